The summed E-state index contributed by atoms with van der Waals surface area (Å²) in [7, 11) is 0. The van der Waals surface area contributed by atoms with E-state index in [1.165, 1.54) is 23.1 Å². The molecule has 0 spiro atoms. The third-order valence-corrected chi connectivity index (χ3v) is 5.17. The van der Waals surface area contributed by atoms with E-state index >= 15 is 0 Å². The molecule has 30 heavy (non-hydrogen) atoms. The van der Waals surface area contributed by atoms with Gasteiger partial charge in [0.25, 0.3) is 11.6 Å². The minimum absolute atomic E-state index is 0.141. The number of rotatable bonds is 5. The van der Waals surface area contributed by atoms with Crippen LogP contribution in [-0.2, 0) is 9.59 Å². The molecule has 158 valence electrons. The van der Waals surface area contributed by atoms with Gasteiger partial charge in [0.1, 0.15) is 6.04 Å². The van der Waals surface area contributed by atoms with Gasteiger partial charge in [-0.2, -0.15) is 0 Å². The van der Waals surface area contributed by atoms with Crippen molar-refractivity contribution in [2.24, 2.45) is 5.92 Å². The molecular weight excluding hydrogens is 386 g/mol. The fourth-order valence-electron chi connectivity index (χ4n) is 3.40. The van der Waals surface area contributed by atoms with Crippen LogP contribution in [0.2, 0.25) is 0 Å². The van der Waals surface area contributed by atoms with E-state index in [2.05, 4.69) is 5.32 Å². The maximum Gasteiger partial charge on any atom is 0.273 e. The zero-order valence-electron chi connectivity index (χ0n) is 17.6. The number of nitro benzene ring substituents is 1. The van der Waals surface area contributed by atoms with E-state index in [-0.39, 0.29) is 29.2 Å². The summed E-state index contributed by atoms with van der Waals surface area (Å²) in [6, 6.07) is 8.93. The maximum atomic E-state index is 13.2. The van der Waals surface area contributed by atoms with Gasteiger partial charge in [-0.25, -0.2) is 0 Å². The molecule has 1 N–H and O–H groups in total. The lowest BCUT2D eigenvalue weighted by atomic mass is 10.0. The maximum absolute atomic E-state index is 13.2. The highest BCUT2D eigenvalue weighted by molar-refractivity contribution is 6.08. The van der Waals surface area contributed by atoms with Crippen LogP contribution in [0.3, 0.4) is 0 Å². The lowest BCUT2D eigenvalue weighted by Crippen LogP contribution is -2.55. The highest BCUT2D eigenvalue weighted by Crippen LogP contribution is 2.39. The van der Waals surface area contributed by atoms with Gasteiger partial charge in [0, 0.05) is 11.8 Å². The Morgan fingerprint density at radius 1 is 1.17 bits per heavy atom. The zero-order chi connectivity index (χ0) is 22.2. The summed E-state index contributed by atoms with van der Waals surface area (Å²) in [5.41, 5.74) is 2.79. The van der Waals surface area contributed by atoms with Crippen molar-refractivity contribution in [2.75, 3.05) is 10.2 Å². The number of nitro groups is 1. The molecule has 0 bridgehead atoms. The number of benzene rings is 2. The summed E-state index contributed by atoms with van der Waals surface area (Å²) in [6.45, 7) is 9.10. The molecule has 1 heterocycles. The van der Waals surface area contributed by atoms with E-state index in [1.807, 2.05) is 45.9 Å². The number of carbonyl (C=O) groups excluding carboxylic acids is 2. The van der Waals surface area contributed by atoms with Crippen molar-refractivity contribution in [3.8, 4) is 5.75 Å². The van der Waals surface area contributed by atoms with Crippen LogP contribution in [0.1, 0.15) is 31.9 Å². The number of amides is 2. The highest BCUT2D eigenvalue weighted by Gasteiger charge is 2.41. The normalized spacial score (nSPS) is 16.7. The van der Waals surface area contributed by atoms with E-state index in [0.717, 1.165) is 11.1 Å². The topological polar surface area (TPSA) is 102 Å². The van der Waals surface area contributed by atoms with Crippen molar-refractivity contribution in [3.05, 3.63) is 57.6 Å². The molecule has 0 saturated heterocycles. The van der Waals surface area contributed by atoms with Crippen LogP contribution >= 0.6 is 0 Å². The smallest absolute Gasteiger partial charge is 0.273 e. The van der Waals surface area contributed by atoms with E-state index in [0.29, 0.717) is 11.4 Å². The molecule has 3 rings (SSSR count). The fraction of sp³-hybridized carbons (Fsp3) is 0.364. The van der Waals surface area contributed by atoms with Gasteiger partial charge in [0.15, 0.2) is 11.9 Å². The lowest BCUT2D eigenvalue weighted by Gasteiger charge is -2.38. The predicted octanol–water partition coefficient (Wildman–Crippen LogP) is 3.99. The standard InChI is InChI=1S/C22H25N3O5/c1-12(2)20-22(27)24(18-9-8-16(25(28)29)11-19(18)30-20)15(5)21(26)23-17-10-13(3)6-7-14(17)4/h6-12,15,20H,1-5H3,(H,23,26). The summed E-state index contributed by atoms with van der Waals surface area (Å²) in [6.07, 6.45) is -0.838. The van der Waals surface area contributed by atoms with Gasteiger partial charge in [-0.1, -0.05) is 26.0 Å². The predicted molar refractivity (Wildman–Crippen MR) is 114 cm³/mol. The molecule has 0 aliphatic carbocycles. The summed E-state index contributed by atoms with van der Waals surface area (Å²) >= 11 is 0. The summed E-state index contributed by atoms with van der Waals surface area (Å²) in [4.78, 5) is 38.2. The molecule has 2 aromatic carbocycles. The molecule has 8 nitrogen and oxygen atoms in total. The Morgan fingerprint density at radius 2 is 1.87 bits per heavy atom. The number of hydrogen-bond donors (Lipinski definition) is 1. The second kappa shape index (κ2) is 8.14. The Hall–Kier alpha value is -3.42. The SMILES string of the molecule is Cc1ccc(C)c(NC(=O)C(C)N2C(=O)C(C(C)C)Oc3cc([N+](=O)[O-])ccc32)c1. The molecule has 0 saturated carbocycles. The fourth-order valence-corrected chi connectivity index (χ4v) is 3.40. The van der Waals surface area contributed by atoms with Crippen molar-refractivity contribution in [1.82, 2.24) is 0 Å². The molecule has 1 aliphatic rings. The monoisotopic (exact) mass is 411 g/mol. The number of aryl methyl sites for hydroxylation is 2. The van der Waals surface area contributed by atoms with Gasteiger partial charge in [0.2, 0.25) is 5.91 Å². The average Bonchev–Trinajstić information content (AvgIpc) is 2.69. The van der Waals surface area contributed by atoms with Crippen molar-refractivity contribution < 1.29 is 19.2 Å². The molecule has 1 aliphatic heterocycles. The first-order valence-electron chi connectivity index (χ1n) is 9.76. The molecule has 2 amide bonds. The Labute approximate surface area is 175 Å². The van der Waals surface area contributed by atoms with E-state index in [1.54, 1.807) is 6.92 Å². The van der Waals surface area contributed by atoms with Crippen LogP contribution in [0.4, 0.5) is 17.1 Å². The third-order valence-electron chi connectivity index (χ3n) is 5.17. The second-order valence-electron chi connectivity index (χ2n) is 7.88. The molecule has 0 radical (unpaired) electrons. The lowest BCUT2D eigenvalue weighted by molar-refractivity contribution is -0.384. The van der Waals surface area contributed by atoms with Gasteiger partial charge in [-0.3, -0.25) is 24.6 Å². The first-order valence-corrected chi connectivity index (χ1v) is 9.76. The number of nitrogens with zero attached hydrogens (tertiary/aromatic N) is 2. The second-order valence-corrected chi connectivity index (χ2v) is 7.88. The van der Waals surface area contributed by atoms with Crippen LogP contribution in [0.25, 0.3) is 0 Å². The zero-order valence-corrected chi connectivity index (χ0v) is 17.6. The Morgan fingerprint density at radius 3 is 2.50 bits per heavy atom. The number of ether oxygens (including phenoxy) is 1. The largest absolute Gasteiger partial charge is 0.478 e. The number of fused-ring (bicyclic) bond motifs is 1. The van der Waals surface area contributed by atoms with Crippen LogP contribution in [0.15, 0.2) is 36.4 Å². The molecule has 0 aromatic heterocycles. The number of carbonyl (C=O) groups is 2. The molecule has 0 fully saturated rings. The van der Waals surface area contributed by atoms with Crippen LogP contribution in [0, 0.1) is 29.9 Å². The molecule has 2 atom stereocenters. The van der Waals surface area contributed by atoms with Crippen molar-refractivity contribution in [2.45, 2.75) is 46.8 Å². The molecule has 2 unspecified atom stereocenters. The van der Waals surface area contributed by atoms with Crippen molar-refractivity contribution >= 4 is 28.9 Å². The molecular formula is C22H25N3O5. The summed E-state index contributed by atoms with van der Waals surface area (Å²) in [5.74, 6) is -0.670. The van der Waals surface area contributed by atoms with Crippen LogP contribution in [0.5, 0.6) is 5.75 Å². The van der Waals surface area contributed by atoms with E-state index in [4.69, 9.17) is 4.74 Å². The van der Waals surface area contributed by atoms with Crippen molar-refractivity contribution in [1.29, 1.82) is 0 Å². The van der Waals surface area contributed by atoms with Crippen LogP contribution in [-0.4, -0.2) is 28.9 Å². The van der Waals surface area contributed by atoms with Gasteiger partial charge < -0.3 is 10.1 Å². The Bertz CT molecular complexity index is 1020. The molecule has 8 heteroatoms. The third kappa shape index (κ3) is 3.98. The average molecular weight is 411 g/mol. The first kappa shape index (κ1) is 21.3. The van der Waals surface area contributed by atoms with Crippen molar-refractivity contribution in [3.63, 3.8) is 0 Å². The van der Waals surface area contributed by atoms with E-state index in [9.17, 15) is 19.7 Å². The molecule has 2 aromatic rings. The van der Waals surface area contributed by atoms with Gasteiger partial charge >= 0.3 is 0 Å². The minimum atomic E-state index is -0.845. The quantitative estimate of drug-likeness (QED) is 0.592. The highest BCUT2D eigenvalue weighted by atomic mass is 16.6. The van der Waals surface area contributed by atoms with Gasteiger partial charge in [0.05, 0.1) is 16.7 Å². The Balaban J connectivity index is 1.98. The van der Waals surface area contributed by atoms with Gasteiger partial charge in [-0.05, 0) is 49.9 Å². The van der Waals surface area contributed by atoms with Gasteiger partial charge in [-0.15, -0.1) is 0 Å². The van der Waals surface area contributed by atoms with Crippen LogP contribution < -0.4 is 15.0 Å². The number of hydrogen-bond acceptors (Lipinski definition) is 5. The number of nitrogens with one attached hydrogen (secondary N) is 1. The summed E-state index contributed by atoms with van der Waals surface area (Å²) in [5, 5.41) is 14.0. The van der Waals surface area contributed by atoms with E-state index < -0.39 is 17.1 Å². The summed E-state index contributed by atoms with van der Waals surface area (Å²) < 4.78 is 5.78. The first-order chi connectivity index (χ1) is 14.1. The number of anilines is 2. The minimum Gasteiger partial charge on any atom is -0.478 e. The Kier molecular flexibility index (Phi) is 5.78. The number of non-ortho nitro benzene ring substituents is 1.